The third-order valence-electron chi connectivity index (χ3n) is 4.53. The number of carboxylic acid groups (broad SMARTS) is 1. The molecule has 0 spiro atoms. The highest BCUT2D eigenvalue weighted by Gasteiger charge is 2.36. The second-order valence-electron chi connectivity index (χ2n) is 6.77. The number of nitrogens with zero attached hydrogens (tertiary/aromatic N) is 2. The normalized spacial score (nSPS) is 20.9. The molecule has 1 heterocycles. The highest BCUT2D eigenvalue weighted by Crippen LogP contribution is 2.43. The number of hydrogen-bond acceptors (Lipinski definition) is 4. The monoisotopic (exact) mass is 383 g/mol. The molecule has 0 radical (unpaired) electrons. The Bertz CT molecular complexity index is 732. The predicted octanol–water partition coefficient (Wildman–Crippen LogP) is 3.96. The molecule has 1 aliphatic rings. The van der Waals surface area contributed by atoms with Gasteiger partial charge < -0.3 is 15.3 Å². The van der Waals surface area contributed by atoms with Gasteiger partial charge >= 0.3 is 12.1 Å². The molecule has 2 N–H and O–H groups in total. The lowest BCUT2D eigenvalue weighted by Gasteiger charge is -2.39. The molecule has 0 bridgehead atoms. The summed E-state index contributed by atoms with van der Waals surface area (Å²) in [7, 11) is 0. The number of alkyl halides is 3. The number of aliphatic imine (C=N–C) groups is 1. The zero-order valence-electron chi connectivity index (χ0n) is 15.4. The molecule has 5 nitrogen and oxygen atoms in total. The number of piperidine rings is 1. The summed E-state index contributed by atoms with van der Waals surface area (Å²) in [5.41, 5.74) is -0.00286. The van der Waals surface area contributed by atoms with E-state index in [2.05, 4.69) is 17.0 Å². The molecule has 0 aromatic heterocycles. The fraction of sp³-hybridized carbons (Fsp3) is 0.474. The predicted molar refractivity (Wildman–Crippen MR) is 101 cm³/mol. The van der Waals surface area contributed by atoms with E-state index in [1.165, 1.54) is 6.07 Å². The van der Waals surface area contributed by atoms with Gasteiger partial charge in [-0.3, -0.25) is 9.79 Å². The summed E-state index contributed by atoms with van der Waals surface area (Å²) in [6.45, 7) is 8.11. The van der Waals surface area contributed by atoms with Crippen LogP contribution in [0.4, 0.5) is 24.5 Å². The first-order valence-corrected chi connectivity index (χ1v) is 8.71. The first-order valence-electron chi connectivity index (χ1n) is 8.71. The number of halogens is 3. The number of benzene rings is 1. The second-order valence-corrected chi connectivity index (χ2v) is 6.77. The number of allylic oxidation sites excluding steroid dienone is 1. The zero-order chi connectivity index (χ0) is 20.2. The first-order chi connectivity index (χ1) is 12.7. The number of anilines is 1. The highest BCUT2D eigenvalue weighted by molar-refractivity contribution is 5.81. The summed E-state index contributed by atoms with van der Waals surface area (Å²) in [5, 5.41) is 11.9. The van der Waals surface area contributed by atoms with Crippen molar-refractivity contribution in [3.05, 3.63) is 29.3 Å². The van der Waals surface area contributed by atoms with E-state index in [4.69, 9.17) is 5.11 Å². The van der Waals surface area contributed by atoms with Crippen LogP contribution in [0.5, 0.6) is 0 Å². The molecule has 2 atom stereocenters. The lowest BCUT2D eigenvalue weighted by molar-refractivity contribution is -0.137. The first kappa shape index (κ1) is 21.0. The van der Waals surface area contributed by atoms with Crippen molar-refractivity contribution >= 4 is 30.1 Å². The van der Waals surface area contributed by atoms with Crippen molar-refractivity contribution in [2.24, 2.45) is 10.9 Å². The number of carbonyl (C=O) groups is 1. The molecule has 2 rings (SSSR count). The molecule has 1 aliphatic heterocycles. The summed E-state index contributed by atoms with van der Waals surface area (Å²) < 4.78 is 40.0. The van der Waals surface area contributed by atoms with Gasteiger partial charge in [0.2, 0.25) is 0 Å². The van der Waals surface area contributed by atoms with E-state index in [-0.39, 0.29) is 24.2 Å². The lowest BCUT2D eigenvalue weighted by Crippen LogP contribution is -2.50. The quantitative estimate of drug-likeness (QED) is 0.730. The van der Waals surface area contributed by atoms with Gasteiger partial charge in [0, 0.05) is 30.4 Å². The van der Waals surface area contributed by atoms with Gasteiger partial charge in [0.05, 0.1) is 17.8 Å². The molecule has 1 fully saturated rings. The zero-order valence-corrected chi connectivity index (χ0v) is 15.4. The van der Waals surface area contributed by atoms with Gasteiger partial charge in [0.25, 0.3) is 0 Å². The minimum Gasteiger partial charge on any atom is -0.480 e. The summed E-state index contributed by atoms with van der Waals surface area (Å²) in [4.78, 5) is 16.5. The Morgan fingerprint density at radius 1 is 1.44 bits per heavy atom. The maximum Gasteiger partial charge on any atom is 0.418 e. The summed E-state index contributed by atoms with van der Waals surface area (Å²) in [6.07, 6.45) is -0.448. The maximum atomic E-state index is 13.3. The Balaban J connectivity index is 2.44. The van der Waals surface area contributed by atoms with Gasteiger partial charge in [-0.25, -0.2) is 0 Å². The number of aliphatic carboxylic acids is 1. The van der Waals surface area contributed by atoms with E-state index in [9.17, 15) is 18.0 Å². The van der Waals surface area contributed by atoms with Crippen LogP contribution in [0.2, 0.25) is 0 Å². The van der Waals surface area contributed by atoms with Crippen molar-refractivity contribution in [3.8, 4) is 0 Å². The van der Waals surface area contributed by atoms with E-state index in [1.807, 2.05) is 11.8 Å². The number of carboxylic acids is 1. The van der Waals surface area contributed by atoms with Gasteiger partial charge in [-0.15, -0.1) is 0 Å². The van der Waals surface area contributed by atoms with Gasteiger partial charge in [0.1, 0.15) is 0 Å². The van der Waals surface area contributed by atoms with E-state index < -0.39 is 17.7 Å². The molecule has 1 aromatic carbocycles. The van der Waals surface area contributed by atoms with E-state index in [0.29, 0.717) is 24.3 Å². The molecule has 0 aliphatic carbocycles. The molecular formula is C19H24F3N3O2. The smallest absolute Gasteiger partial charge is 0.418 e. The number of nitrogens with one attached hydrogen (secondary N) is 1. The maximum absolute atomic E-state index is 13.3. The lowest BCUT2D eigenvalue weighted by atomic mass is 9.93. The molecule has 0 saturated carbocycles. The average Bonchev–Trinajstić information content (AvgIpc) is 2.58. The molecule has 0 unspecified atom stereocenters. The molecule has 8 heteroatoms. The fourth-order valence-electron chi connectivity index (χ4n) is 3.53. The third kappa shape index (κ3) is 5.09. The Morgan fingerprint density at radius 2 is 2.15 bits per heavy atom. The molecule has 1 aromatic rings. The minimum absolute atomic E-state index is 0.0641. The Hall–Kier alpha value is -2.35. The van der Waals surface area contributed by atoms with Crippen molar-refractivity contribution in [2.75, 3.05) is 24.5 Å². The molecule has 0 amide bonds. The largest absolute Gasteiger partial charge is 0.480 e. The van der Waals surface area contributed by atoms with Crippen molar-refractivity contribution in [2.45, 2.75) is 32.5 Å². The van der Waals surface area contributed by atoms with Gasteiger partial charge in [0.15, 0.2) is 0 Å². The van der Waals surface area contributed by atoms with Crippen LogP contribution < -0.4 is 10.2 Å². The van der Waals surface area contributed by atoms with Crippen LogP contribution in [0.1, 0.15) is 31.4 Å². The summed E-state index contributed by atoms with van der Waals surface area (Å²) >= 11 is 0. The van der Waals surface area contributed by atoms with Crippen molar-refractivity contribution in [3.63, 3.8) is 0 Å². The Labute approximate surface area is 156 Å². The third-order valence-corrected chi connectivity index (χ3v) is 4.53. The number of rotatable bonds is 6. The topological polar surface area (TPSA) is 64.9 Å². The van der Waals surface area contributed by atoms with Crippen LogP contribution >= 0.6 is 0 Å². The SMILES string of the molecule is C=Nc1c(C(F)(F)F)ccc(N2C[C@@H](C)C[C@@H](NCC(=O)O)C2)c1/C=C\C. The van der Waals surface area contributed by atoms with Crippen LogP contribution in [0.3, 0.4) is 0 Å². The van der Waals surface area contributed by atoms with Crippen LogP contribution in [0, 0.1) is 5.92 Å². The van der Waals surface area contributed by atoms with E-state index in [1.54, 1.807) is 19.1 Å². The fourth-order valence-corrected chi connectivity index (χ4v) is 3.53. The standard InChI is InChI=1S/C19H24F3N3O2/c1-4-5-14-16(7-6-15(18(14)23-3)19(20,21)22)25-10-12(2)8-13(11-25)24-9-17(26)27/h4-7,12-13,24H,3,8-11H2,1-2H3,(H,26,27)/b5-4-/t12-,13+/m0/s1. The second kappa shape index (κ2) is 8.56. The van der Waals surface area contributed by atoms with E-state index in [0.717, 1.165) is 12.5 Å². The van der Waals surface area contributed by atoms with Gasteiger partial charge in [-0.2, -0.15) is 13.2 Å². The van der Waals surface area contributed by atoms with Crippen LogP contribution in [-0.2, 0) is 11.0 Å². The Morgan fingerprint density at radius 3 is 2.70 bits per heavy atom. The number of hydrogen-bond donors (Lipinski definition) is 2. The van der Waals surface area contributed by atoms with Crippen LogP contribution in [0.25, 0.3) is 6.08 Å². The molecule has 1 saturated heterocycles. The van der Waals surface area contributed by atoms with Gasteiger partial charge in [-0.05, 0) is 38.1 Å². The van der Waals surface area contributed by atoms with Gasteiger partial charge in [-0.1, -0.05) is 19.1 Å². The van der Waals surface area contributed by atoms with Crippen molar-refractivity contribution in [1.82, 2.24) is 5.32 Å². The van der Waals surface area contributed by atoms with Crippen molar-refractivity contribution in [1.29, 1.82) is 0 Å². The van der Waals surface area contributed by atoms with Crippen LogP contribution in [-0.4, -0.2) is 43.5 Å². The van der Waals surface area contributed by atoms with Crippen LogP contribution in [0.15, 0.2) is 23.2 Å². The molecule has 27 heavy (non-hydrogen) atoms. The minimum atomic E-state index is -4.52. The summed E-state index contributed by atoms with van der Waals surface area (Å²) in [5.74, 6) is -0.687. The molecule has 148 valence electrons. The summed E-state index contributed by atoms with van der Waals surface area (Å²) in [6, 6.07) is 2.43. The Kier molecular flexibility index (Phi) is 6.64. The highest BCUT2D eigenvalue weighted by atomic mass is 19.4. The average molecular weight is 383 g/mol. The van der Waals surface area contributed by atoms with E-state index >= 15 is 0 Å². The molecular weight excluding hydrogens is 359 g/mol. The van der Waals surface area contributed by atoms with Crippen molar-refractivity contribution < 1.29 is 23.1 Å².